The molecule has 4 aromatic carbocycles. The molecule has 3 aliphatic carbocycles. The maximum Gasteiger partial charge on any atom is 0.164 e. The lowest BCUT2D eigenvalue weighted by Gasteiger charge is -2.42. The molecule has 4 nitrogen and oxygen atoms in total. The Balaban J connectivity index is 1.14. The lowest BCUT2D eigenvalue weighted by Crippen LogP contribution is -2.33. The molecular weight excluding hydrogens is 633 g/mol. The quantitative estimate of drug-likeness (QED) is 0.182. The Kier molecular flexibility index (Phi) is 7.88. The number of hydrogen-bond acceptors (Lipinski definition) is 4. The van der Waals surface area contributed by atoms with Crippen LogP contribution in [0, 0.1) is 5.92 Å². The summed E-state index contributed by atoms with van der Waals surface area (Å²) in [5.41, 5.74) is 12.2. The van der Waals surface area contributed by atoms with Crippen LogP contribution in [0.1, 0.15) is 81.8 Å². The molecule has 0 N–H and O–H groups in total. The summed E-state index contributed by atoms with van der Waals surface area (Å²) < 4.78 is 0. The first-order valence-electron chi connectivity index (χ1n) is 18.7. The lowest BCUT2D eigenvalue weighted by molar-refractivity contribution is 0.332. The molecule has 2 aromatic heterocycles. The van der Waals surface area contributed by atoms with Gasteiger partial charge in [-0.2, -0.15) is 0 Å². The van der Waals surface area contributed by atoms with Crippen molar-refractivity contribution in [3.8, 4) is 33.9 Å². The van der Waals surface area contributed by atoms with E-state index in [0.29, 0.717) is 29.3 Å². The summed E-state index contributed by atoms with van der Waals surface area (Å²) in [7, 11) is 0. The van der Waals surface area contributed by atoms with E-state index >= 15 is 0 Å². The number of hydrogen-bond donors (Lipinski definition) is 0. The second kappa shape index (κ2) is 12.6. The third-order valence-electron chi connectivity index (χ3n) is 11.8. The van der Waals surface area contributed by atoms with Crippen LogP contribution in [0.15, 0.2) is 139 Å². The average Bonchev–Trinajstić information content (AvgIpc) is 3.19. The summed E-state index contributed by atoms with van der Waals surface area (Å²) in [6.45, 7) is 9.53. The molecule has 0 amide bonds. The highest BCUT2D eigenvalue weighted by Gasteiger charge is 2.37. The normalized spacial score (nSPS) is 20.1. The largest absolute Gasteiger partial charge is 0.256 e. The molecule has 2 unspecified atom stereocenters. The molecule has 3 aliphatic rings. The molecule has 0 spiro atoms. The fourth-order valence-corrected chi connectivity index (χ4v) is 8.59. The van der Waals surface area contributed by atoms with Crippen LogP contribution in [0.25, 0.3) is 50.4 Å². The van der Waals surface area contributed by atoms with Crippen molar-refractivity contribution in [1.82, 2.24) is 19.9 Å². The van der Waals surface area contributed by atoms with Crippen molar-refractivity contribution in [2.45, 2.75) is 70.1 Å². The van der Waals surface area contributed by atoms with Gasteiger partial charge in [-0.05, 0) is 88.5 Å². The first-order chi connectivity index (χ1) is 25.2. The van der Waals surface area contributed by atoms with E-state index in [1.54, 1.807) is 0 Å². The smallest absolute Gasteiger partial charge is 0.164 e. The van der Waals surface area contributed by atoms with Crippen molar-refractivity contribution in [3.63, 3.8) is 0 Å². The number of rotatable bonds is 5. The molecule has 2 heterocycles. The van der Waals surface area contributed by atoms with Crippen LogP contribution in [0.2, 0.25) is 0 Å². The van der Waals surface area contributed by atoms with Gasteiger partial charge in [0.15, 0.2) is 17.5 Å². The molecule has 4 heteroatoms. The highest BCUT2D eigenvalue weighted by atomic mass is 15.0. The van der Waals surface area contributed by atoms with Crippen LogP contribution < -0.4 is 0 Å². The maximum atomic E-state index is 5.21. The SMILES string of the molecule is CC1(C)CCC(C)(C)c2cc(-c3ccc(-c4nc(C5=CCC6CC(c7ccccc7)C=CC6=C5)nc(-c5ccccc5)n4)c4cccnc34)ccc21. The number of pyridine rings is 1. The van der Waals surface area contributed by atoms with Gasteiger partial charge in [-0.15, -0.1) is 0 Å². The number of fused-ring (bicyclic) bond motifs is 3. The van der Waals surface area contributed by atoms with Crippen LogP contribution in [-0.4, -0.2) is 19.9 Å². The predicted molar refractivity (Wildman–Crippen MR) is 214 cm³/mol. The van der Waals surface area contributed by atoms with Gasteiger partial charge in [0, 0.05) is 39.8 Å². The summed E-state index contributed by atoms with van der Waals surface area (Å²) >= 11 is 0. The van der Waals surface area contributed by atoms with Gasteiger partial charge < -0.3 is 0 Å². The Bertz CT molecular complexity index is 2420. The summed E-state index contributed by atoms with van der Waals surface area (Å²) in [4.78, 5) is 20.4. The van der Waals surface area contributed by atoms with Crippen molar-refractivity contribution in [2.24, 2.45) is 5.92 Å². The van der Waals surface area contributed by atoms with Crippen molar-refractivity contribution < 1.29 is 0 Å². The molecule has 256 valence electrons. The fraction of sp³-hybridized carbons (Fsp3) is 0.250. The van der Waals surface area contributed by atoms with Gasteiger partial charge in [-0.25, -0.2) is 15.0 Å². The molecular formula is C48H44N4. The van der Waals surface area contributed by atoms with E-state index in [1.807, 2.05) is 30.5 Å². The van der Waals surface area contributed by atoms with Gasteiger partial charge in [-0.3, -0.25) is 4.98 Å². The van der Waals surface area contributed by atoms with Gasteiger partial charge in [0.25, 0.3) is 0 Å². The standard InChI is InChI=1S/C48H44N4/c1-47(2)25-26-48(3,4)42-30-36(21-24-41(42)47)38-22-23-40(39-16-11-27-49-43(38)39)46-51-44(32-14-9-6-10-15-32)50-45(52-46)37-20-19-34-28-33(17-18-35(34)29-37)31-12-7-5-8-13-31/h5-18,20-24,27,29-30,33-34H,19,25-26,28H2,1-4H3. The van der Waals surface area contributed by atoms with Crippen LogP contribution >= 0.6 is 0 Å². The highest BCUT2D eigenvalue weighted by Crippen LogP contribution is 2.47. The van der Waals surface area contributed by atoms with Gasteiger partial charge in [0.05, 0.1) is 5.52 Å². The van der Waals surface area contributed by atoms with Crippen molar-refractivity contribution >= 4 is 16.5 Å². The molecule has 6 aromatic rings. The molecule has 0 radical (unpaired) electrons. The average molecular weight is 677 g/mol. The van der Waals surface area contributed by atoms with Gasteiger partial charge in [0.2, 0.25) is 0 Å². The fourth-order valence-electron chi connectivity index (χ4n) is 8.59. The molecule has 0 bridgehead atoms. The second-order valence-electron chi connectivity index (χ2n) is 16.1. The number of benzene rings is 4. The van der Waals surface area contributed by atoms with E-state index in [9.17, 15) is 0 Å². The zero-order valence-electron chi connectivity index (χ0n) is 30.5. The molecule has 0 aliphatic heterocycles. The Morgan fingerprint density at radius 1 is 0.635 bits per heavy atom. The minimum absolute atomic E-state index is 0.124. The first-order valence-corrected chi connectivity index (χ1v) is 18.7. The van der Waals surface area contributed by atoms with E-state index in [1.165, 1.54) is 40.7 Å². The Hall–Kier alpha value is -5.48. The number of allylic oxidation sites excluding steroid dienone is 6. The molecule has 52 heavy (non-hydrogen) atoms. The topological polar surface area (TPSA) is 51.6 Å². The van der Waals surface area contributed by atoms with Gasteiger partial charge >= 0.3 is 0 Å². The van der Waals surface area contributed by atoms with E-state index in [0.717, 1.165) is 46.0 Å². The van der Waals surface area contributed by atoms with Crippen LogP contribution in [0.3, 0.4) is 0 Å². The highest BCUT2D eigenvalue weighted by molar-refractivity contribution is 6.02. The zero-order valence-corrected chi connectivity index (χ0v) is 30.5. The van der Waals surface area contributed by atoms with Gasteiger partial charge in [0.1, 0.15) is 0 Å². The van der Waals surface area contributed by atoms with Crippen molar-refractivity contribution in [2.75, 3.05) is 0 Å². The Labute approximate surface area is 307 Å². The molecule has 0 saturated heterocycles. The van der Waals surface area contributed by atoms with E-state index in [-0.39, 0.29) is 10.8 Å². The number of aromatic nitrogens is 4. The van der Waals surface area contributed by atoms with Gasteiger partial charge in [-0.1, -0.05) is 137 Å². The second-order valence-corrected chi connectivity index (χ2v) is 16.1. The van der Waals surface area contributed by atoms with Crippen LogP contribution in [0.4, 0.5) is 0 Å². The third kappa shape index (κ3) is 5.81. The van der Waals surface area contributed by atoms with E-state index in [4.69, 9.17) is 19.9 Å². The lowest BCUT2D eigenvalue weighted by atomic mass is 9.63. The van der Waals surface area contributed by atoms with Crippen LogP contribution in [0.5, 0.6) is 0 Å². The van der Waals surface area contributed by atoms with Crippen LogP contribution in [-0.2, 0) is 10.8 Å². The molecule has 9 rings (SSSR count). The third-order valence-corrected chi connectivity index (χ3v) is 11.8. The monoisotopic (exact) mass is 676 g/mol. The summed E-state index contributed by atoms with van der Waals surface area (Å²) in [6.07, 6.45) is 15.6. The summed E-state index contributed by atoms with van der Waals surface area (Å²) in [6, 6.07) is 36.7. The molecule has 0 fully saturated rings. The first kappa shape index (κ1) is 32.4. The minimum atomic E-state index is 0.124. The summed E-state index contributed by atoms with van der Waals surface area (Å²) in [5, 5.41) is 1.03. The Morgan fingerprint density at radius 2 is 1.35 bits per heavy atom. The van der Waals surface area contributed by atoms with E-state index < -0.39 is 0 Å². The van der Waals surface area contributed by atoms with Crippen molar-refractivity contribution in [3.05, 3.63) is 162 Å². The molecule has 2 atom stereocenters. The Morgan fingerprint density at radius 3 is 2.15 bits per heavy atom. The predicted octanol–water partition coefficient (Wildman–Crippen LogP) is 11.8. The minimum Gasteiger partial charge on any atom is -0.256 e. The van der Waals surface area contributed by atoms with E-state index in [2.05, 4.69) is 131 Å². The summed E-state index contributed by atoms with van der Waals surface area (Å²) in [5.74, 6) is 2.96. The maximum absolute atomic E-state index is 5.21. The zero-order chi connectivity index (χ0) is 35.5. The molecule has 0 saturated carbocycles. The number of nitrogens with zero attached hydrogens (tertiary/aromatic N) is 4. The van der Waals surface area contributed by atoms with Crippen molar-refractivity contribution in [1.29, 1.82) is 0 Å².